The van der Waals surface area contributed by atoms with Crippen LogP contribution in [-0.4, -0.2) is 50.8 Å². The maximum atomic E-state index is 12.2. The number of rotatable bonds is 6. The summed E-state index contributed by atoms with van der Waals surface area (Å²) in [5.74, 6) is 1.87. The highest BCUT2D eigenvalue weighted by Gasteiger charge is 2.27. The molecule has 0 radical (unpaired) electrons. The lowest BCUT2D eigenvalue weighted by molar-refractivity contribution is 0.134. The van der Waals surface area contributed by atoms with E-state index in [1.807, 2.05) is 0 Å². The Morgan fingerprint density at radius 2 is 1.65 bits per heavy atom. The average molecular weight is 361 g/mol. The van der Waals surface area contributed by atoms with Crippen LogP contribution in [0.15, 0.2) is 18.2 Å². The SMILES string of the molecule is COc1cc(NC(=O)NCC2CCN(C3CCCC3)CC2)cc(OC)c1. The molecule has 3 rings (SSSR count). The van der Waals surface area contributed by atoms with Gasteiger partial charge in [0.2, 0.25) is 0 Å². The highest BCUT2D eigenvalue weighted by Crippen LogP contribution is 2.28. The van der Waals surface area contributed by atoms with E-state index in [4.69, 9.17) is 9.47 Å². The van der Waals surface area contributed by atoms with Gasteiger partial charge in [-0.1, -0.05) is 12.8 Å². The van der Waals surface area contributed by atoms with E-state index in [0.29, 0.717) is 23.1 Å². The van der Waals surface area contributed by atoms with Gasteiger partial charge in [0.1, 0.15) is 11.5 Å². The minimum Gasteiger partial charge on any atom is -0.497 e. The van der Waals surface area contributed by atoms with Gasteiger partial charge in [0.05, 0.1) is 14.2 Å². The molecule has 26 heavy (non-hydrogen) atoms. The number of nitrogens with zero attached hydrogens (tertiary/aromatic N) is 1. The van der Waals surface area contributed by atoms with E-state index in [9.17, 15) is 4.79 Å². The van der Waals surface area contributed by atoms with Gasteiger partial charge in [-0.25, -0.2) is 4.79 Å². The zero-order chi connectivity index (χ0) is 18.4. The molecule has 144 valence electrons. The molecule has 0 unspecified atom stereocenters. The molecule has 1 aromatic rings. The first-order valence-electron chi connectivity index (χ1n) is 9.70. The highest BCUT2D eigenvalue weighted by molar-refractivity contribution is 5.89. The van der Waals surface area contributed by atoms with E-state index in [-0.39, 0.29) is 6.03 Å². The fourth-order valence-electron chi connectivity index (χ4n) is 4.08. The number of carbonyl (C=O) groups is 1. The number of ether oxygens (including phenoxy) is 2. The van der Waals surface area contributed by atoms with E-state index in [2.05, 4.69) is 15.5 Å². The number of methoxy groups -OCH3 is 2. The monoisotopic (exact) mass is 361 g/mol. The number of nitrogens with one attached hydrogen (secondary N) is 2. The number of hydrogen-bond acceptors (Lipinski definition) is 4. The summed E-state index contributed by atoms with van der Waals surface area (Å²) in [5.41, 5.74) is 0.662. The molecule has 0 spiro atoms. The lowest BCUT2D eigenvalue weighted by atomic mass is 9.95. The van der Waals surface area contributed by atoms with Crippen LogP contribution < -0.4 is 20.1 Å². The number of carbonyl (C=O) groups excluding carboxylic acids is 1. The third-order valence-corrected chi connectivity index (χ3v) is 5.65. The van der Waals surface area contributed by atoms with E-state index in [0.717, 1.165) is 12.6 Å². The Labute approximate surface area is 156 Å². The molecule has 6 heteroatoms. The van der Waals surface area contributed by atoms with Crippen LogP contribution in [0.25, 0.3) is 0 Å². The van der Waals surface area contributed by atoms with Gasteiger partial charge in [-0.15, -0.1) is 0 Å². The normalized spacial score (nSPS) is 19.3. The van der Waals surface area contributed by atoms with Crippen LogP contribution in [0.5, 0.6) is 11.5 Å². The number of benzene rings is 1. The van der Waals surface area contributed by atoms with Crippen molar-refractivity contribution in [2.24, 2.45) is 5.92 Å². The molecule has 2 amide bonds. The van der Waals surface area contributed by atoms with E-state index in [1.165, 1.54) is 51.6 Å². The van der Waals surface area contributed by atoms with Crippen molar-refractivity contribution < 1.29 is 14.3 Å². The Morgan fingerprint density at radius 1 is 1.04 bits per heavy atom. The topological polar surface area (TPSA) is 62.8 Å². The Bertz CT molecular complexity index is 572. The molecular formula is C20H31N3O3. The molecule has 2 fully saturated rings. The van der Waals surface area contributed by atoms with Crippen molar-refractivity contribution in [1.82, 2.24) is 10.2 Å². The zero-order valence-electron chi connectivity index (χ0n) is 15.9. The average Bonchev–Trinajstić information content (AvgIpc) is 3.21. The van der Waals surface area contributed by atoms with Crippen LogP contribution in [0.4, 0.5) is 10.5 Å². The van der Waals surface area contributed by atoms with Gasteiger partial charge in [-0.3, -0.25) is 0 Å². The third kappa shape index (κ3) is 5.04. The van der Waals surface area contributed by atoms with Crippen molar-refractivity contribution >= 4 is 11.7 Å². The Morgan fingerprint density at radius 3 is 2.23 bits per heavy atom. The predicted octanol–water partition coefficient (Wildman–Crippen LogP) is 3.48. The second-order valence-electron chi connectivity index (χ2n) is 7.35. The highest BCUT2D eigenvalue weighted by atomic mass is 16.5. The van der Waals surface area contributed by atoms with Gasteiger partial charge in [0.15, 0.2) is 0 Å². The van der Waals surface area contributed by atoms with Crippen LogP contribution in [0.2, 0.25) is 0 Å². The minimum absolute atomic E-state index is 0.182. The van der Waals surface area contributed by atoms with Gasteiger partial charge < -0.3 is 25.0 Å². The summed E-state index contributed by atoms with van der Waals surface area (Å²) in [6.07, 6.45) is 7.86. The molecule has 0 atom stereocenters. The second-order valence-corrected chi connectivity index (χ2v) is 7.35. The van der Waals surface area contributed by atoms with E-state index >= 15 is 0 Å². The predicted molar refractivity (Wildman–Crippen MR) is 103 cm³/mol. The number of amides is 2. The fourth-order valence-corrected chi connectivity index (χ4v) is 4.08. The number of anilines is 1. The fraction of sp³-hybridized carbons (Fsp3) is 0.650. The van der Waals surface area contributed by atoms with Gasteiger partial charge in [-0.05, 0) is 44.7 Å². The van der Waals surface area contributed by atoms with Crippen molar-refractivity contribution in [3.63, 3.8) is 0 Å². The summed E-state index contributed by atoms with van der Waals surface area (Å²) in [6, 6.07) is 5.97. The van der Waals surface area contributed by atoms with Crippen LogP contribution in [-0.2, 0) is 0 Å². The number of urea groups is 1. The van der Waals surface area contributed by atoms with Crippen LogP contribution in [0, 0.1) is 5.92 Å². The standard InChI is InChI=1S/C20H31N3O3/c1-25-18-11-16(12-19(13-18)26-2)22-20(24)21-14-15-7-9-23(10-8-15)17-5-3-4-6-17/h11-13,15,17H,3-10,14H2,1-2H3,(H2,21,22,24). The molecule has 1 aliphatic heterocycles. The molecule has 2 aliphatic rings. The Hall–Kier alpha value is -1.95. The van der Waals surface area contributed by atoms with Crippen LogP contribution in [0.1, 0.15) is 38.5 Å². The van der Waals surface area contributed by atoms with Crippen LogP contribution >= 0.6 is 0 Å². The van der Waals surface area contributed by atoms with Gasteiger partial charge in [-0.2, -0.15) is 0 Å². The van der Waals surface area contributed by atoms with Crippen molar-refractivity contribution in [2.75, 3.05) is 39.2 Å². The lowest BCUT2D eigenvalue weighted by Gasteiger charge is -2.36. The Balaban J connectivity index is 1.42. The third-order valence-electron chi connectivity index (χ3n) is 5.65. The van der Waals surface area contributed by atoms with Crippen LogP contribution in [0.3, 0.4) is 0 Å². The summed E-state index contributed by atoms with van der Waals surface area (Å²) in [4.78, 5) is 14.9. The number of likely N-dealkylation sites (tertiary alicyclic amines) is 1. The number of hydrogen-bond donors (Lipinski definition) is 2. The zero-order valence-corrected chi connectivity index (χ0v) is 15.9. The second kappa shape index (κ2) is 9.12. The summed E-state index contributed by atoms with van der Waals surface area (Å²) in [6.45, 7) is 3.07. The first-order chi connectivity index (χ1) is 12.7. The first kappa shape index (κ1) is 18.8. The molecule has 0 aromatic heterocycles. The number of piperidine rings is 1. The molecule has 2 N–H and O–H groups in total. The molecule has 1 aromatic carbocycles. The van der Waals surface area contributed by atoms with Gasteiger partial charge in [0.25, 0.3) is 0 Å². The molecule has 1 saturated heterocycles. The van der Waals surface area contributed by atoms with E-state index < -0.39 is 0 Å². The van der Waals surface area contributed by atoms with Crippen molar-refractivity contribution in [3.05, 3.63) is 18.2 Å². The Kier molecular flexibility index (Phi) is 6.61. The van der Waals surface area contributed by atoms with Gasteiger partial charge >= 0.3 is 6.03 Å². The molecule has 6 nitrogen and oxygen atoms in total. The van der Waals surface area contributed by atoms with Crippen molar-refractivity contribution in [3.8, 4) is 11.5 Å². The lowest BCUT2D eigenvalue weighted by Crippen LogP contribution is -2.43. The molecule has 1 saturated carbocycles. The minimum atomic E-state index is -0.182. The summed E-state index contributed by atoms with van der Waals surface area (Å²) in [7, 11) is 3.19. The maximum Gasteiger partial charge on any atom is 0.319 e. The van der Waals surface area contributed by atoms with Crippen molar-refractivity contribution in [2.45, 2.75) is 44.6 Å². The largest absolute Gasteiger partial charge is 0.497 e. The smallest absolute Gasteiger partial charge is 0.319 e. The summed E-state index contributed by atoms with van der Waals surface area (Å²) in [5, 5.41) is 5.87. The first-order valence-corrected chi connectivity index (χ1v) is 9.70. The summed E-state index contributed by atoms with van der Waals surface area (Å²) < 4.78 is 10.5. The van der Waals surface area contributed by atoms with E-state index in [1.54, 1.807) is 32.4 Å². The maximum absolute atomic E-state index is 12.2. The summed E-state index contributed by atoms with van der Waals surface area (Å²) >= 11 is 0. The molecule has 1 heterocycles. The van der Waals surface area contributed by atoms with Gasteiger partial charge in [0, 0.05) is 36.5 Å². The molecule has 0 bridgehead atoms. The quantitative estimate of drug-likeness (QED) is 0.814. The van der Waals surface area contributed by atoms with Crippen molar-refractivity contribution in [1.29, 1.82) is 0 Å². The molecular weight excluding hydrogens is 330 g/mol. The molecule has 1 aliphatic carbocycles.